The average Bonchev–Trinajstić information content (AvgIpc) is 2.26. The molecule has 0 atom stereocenters. The standard InChI is InChI=1S/C10H14.C2H8N2.ClH.F6P.Ru/c1-8(2)10-6-4-9(3)5-7-10;3-1-2-4;;1-7(2,3,4,5)6;/h4-8H,1-3H3;1-4H2;1H;;/q;;;-1;+2/p-1. The number of aryl methyl sites for hydroxylation is 1. The molecule has 1 aromatic rings. The first-order valence-corrected chi connectivity index (χ1v) is 8.12. The minimum Gasteiger partial charge on any atom is -1.00 e. The van der Waals surface area contributed by atoms with E-state index in [1.165, 1.54) is 11.1 Å². The number of halogens is 7. The first-order valence-electron chi connectivity index (χ1n) is 6.10. The fourth-order valence-corrected chi connectivity index (χ4v) is 0.951. The van der Waals surface area contributed by atoms with Crippen molar-refractivity contribution < 1.29 is 57.1 Å². The Kier molecular flexibility index (Phi) is 14.5. The fraction of sp³-hybridized carbons (Fsp3) is 0.500. The van der Waals surface area contributed by atoms with Crippen molar-refractivity contribution in [3.63, 3.8) is 0 Å². The molecule has 142 valence electrons. The maximum absolute atomic E-state index is 10.7. The van der Waals surface area contributed by atoms with Crippen LogP contribution in [0.4, 0.5) is 25.2 Å². The molecule has 11 heteroatoms. The molecule has 0 aliphatic rings. The minimum absolute atomic E-state index is 0. The molecule has 0 bridgehead atoms. The number of hydrogen-bond acceptors (Lipinski definition) is 2. The van der Waals surface area contributed by atoms with E-state index in [2.05, 4.69) is 45.0 Å². The van der Waals surface area contributed by atoms with Gasteiger partial charge in [-0.2, -0.15) is 0 Å². The van der Waals surface area contributed by atoms with Crippen molar-refractivity contribution in [2.75, 3.05) is 13.1 Å². The summed E-state index contributed by atoms with van der Waals surface area (Å²) < 4.78 is 59.2. The van der Waals surface area contributed by atoms with E-state index in [4.69, 9.17) is 11.5 Å². The Bertz CT molecular complexity index is 397. The van der Waals surface area contributed by atoms with Crippen LogP contribution in [-0.4, -0.2) is 13.1 Å². The summed E-state index contributed by atoms with van der Waals surface area (Å²) in [7, 11) is -10.7. The Morgan fingerprint density at radius 2 is 1.13 bits per heavy atom. The first kappa shape index (κ1) is 30.9. The van der Waals surface area contributed by atoms with E-state index in [1.54, 1.807) is 0 Å². The Morgan fingerprint density at radius 3 is 1.30 bits per heavy atom. The van der Waals surface area contributed by atoms with Crippen molar-refractivity contribution in [3.05, 3.63) is 35.4 Å². The van der Waals surface area contributed by atoms with E-state index in [0.717, 1.165) is 0 Å². The zero-order chi connectivity index (χ0) is 17.4. The van der Waals surface area contributed by atoms with Crippen LogP contribution < -0.4 is 23.9 Å². The van der Waals surface area contributed by atoms with E-state index in [1.807, 2.05) is 0 Å². The molecular weight excluding hydrogens is 454 g/mol. The third-order valence-electron chi connectivity index (χ3n) is 1.91. The molecular formula is C12H22ClF6N2PRu. The largest absolute Gasteiger partial charge is 2.00 e. The van der Waals surface area contributed by atoms with Gasteiger partial charge in [-0.05, 0) is 18.4 Å². The van der Waals surface area contributed by atoms with E-state index in [0.29, 0.717) is 19.0 Å². The van der Waals surface area contributed by atoms with Gasteiger partial charge in [0.05, 0.1) is 0 Å². The van der Waals surface area contributed by atoms with Crippen molar-refractivity contribution in [1.29, 1.82) is 0 Å². The molecule has 0 amide bonds. The van der Waals surface area contributed by atoms with Crippen LogP contribution in [0.2, 0.25) is 0 Å². The molecule has 0 unspecified atom stereocenters. The van der Waals surface area contributed by atoms with Crippen LogP contribution in [0.15, 0.2) is 24.3 Å². The molecule has 2 nitrogen and oxygen atoms in total. The van der Waals surface area contributed by atoms with Crippen LogP contribution in [-0.2, 0) is 19.5 Å². The molecule has 0 spiro atoms. The van der Waals surface area contributed by atoms with Gasteiger partial charge in [-0.25, -0.2) is 0 Å². The molecule has 0 radical (unpaired) electrons. The van der Waals surface area contributed by atoms with Gasteiger partial charge in [-0.3, -0.25) is 0 Å². The SMILES string of the molecule is Cc1ccc(C(C)C)cc1.F[P-](F)(F)(F)(F)F.NCCN.[Cl-].[Ru+2]. The summed E-state index contributed by atoms with van der Waals surface area (Å²) in [6.45, 7) is 7.74. The van der Waals surface area contributed by atoms with E-state index >= 15 is 0 Å². The van der Waals surface area contributed by atoms with Crippen molar-refractivity contribution in [2.24, 2.45) is 11.5 Å². The number of hydrogen-bond donors (Lipinski definition) is 2. The molecule has 0 fully saturated rings. The summed E-state index contributed by atoms with van der Waals surface area (Å²) in [5, 5.41) is 0. The predicted octanol–water partition coefficient (Wildman–Crippen LogP) is 2.41. The van der Waals surface area contributed by atoms with Crippen LogP contribution in [0, 0.1) is 6.92 Å². The molecule has 0 heterocycles. The third kappa shape index (κ3) is 39.1. The number of benzene rings is 1. The van der Waals surface area contributed by atoms with Gasteiger partial charge in [0.1, 0.15) is 0 Å². The second-order valence-electron chi connectivity index (χ2n) is 4.60. The van der Waals surface area contributed by atoms with Crippen LogP contribution in [0.1, 0.15) is 30.9 Å². The molecule has 0 aliphatic heterocycles. The molecule has 0 aliphatic carbocycles. The quantitative estimate of drug-likeness (QED) is 0.392. The van der Waals surface area contributed by atoms with Gasteiger partial charge in [0, 0.05) is 13.1 Å². The number of rotatable bonds is 2. The fourth-order valence-electron chi connectivity index (χ4n) is 0.951. The van der Waals surface area contributed by atoms with Crippen LogP contribution in [0.3, 0.4) is 0 Å². The average molecular weight is 476 g/mol. The molecule has 1 rings (SSSR count). The molecule has 1 aromatic carbocycles. The van der Waals surface area contributed by atoms with Crippen molar-refractivity contribution >= 4 is 7.81 Å². The van der Waals surface area contributed by atoms with Gasteiger partial charge in [0.15, 0.2) is 0 Å². The Morgan fingerprint density at radius 1 is 0.870 bits per heavy atom. The predicted molar refractivity (Wildman–Crippen MR) is 76.9 cm³/mol. The van der Waals surface area contributed by atoms with Crippen LogP contribution >= 0.6 is 7.81 Å². The molecule has 0 saturated carbocycles. The monoisotopic (exact) mass is 476 g/mol. The summed E-state index contributed by atoms with van der Waals surface area (Å²) in [6, 6.07) is 8.71. The molecule has 0 aromatic heterocycles. The third-order valence-corrected chi connectivity index (χ3v) is 1.91. The Labute approximate surface area is 151 Å². The van der Waals surface area contributed by atoms with Gasteiger partial charge in [-0.1, -0.05) is 43.7 Å². The summed E-state index contributed by atoms with van der Waals surface area (Å²) in [4.78, 5) is 0. The van der Waals surface area contributed by atoms with Crippen LogP contribution in [0.25, 0.3) is 0 Å². The van der Waals surface area contributed by atoms with Crippen LogP contribution in [0.5, 0.6) is 0 Å². The second-order valence-corrected chi connectivity index (χ2v) is 6.52. The summed E-state index contributed by atoms with van der Waals surface area (Å²) in [5.74, 6) is 0.653. The summed E-state index contributed by atoms with van der Waals surface area (Å²) in [5.41, 5.74) is 12.6. The molecule has 0 saturated heterocycles. The van der Waals surface area contributed by atoms with E-state index in [9.17, 15) is 25.2 Å². The summed E-state index contributed by atoms with van der Waals surface area (Å²) in [6.07, 6.45) is 0. The van der Waals surface area contributed by atoms with Gasteiger partial charge in [0.25, 0.3) is 0 Å². The van der Waals surface area contributed by atoms with Gasteiger partial charge in [-0.15, -0.1) is 0 Å². The first-order chi connectivity index (χ1) is 9.06. The van der Waals surface area contributed by atoms with Gasteiger partial charge >= 0.3 is 52.5 Å². The molecule has 23 heavy (non-hydrogen) atoms. The maximum atomic E-state index is 9.87. The Balaban J connectivity index is -0.000000124. The normalized spacial score (nSPS) is 12.9. The number of nitrogens with two attached hydrogens (primary N) is 2. The Hall–Kier alpha value is 0.0634. The van der Waals surface area contributed by atoms with E-state index in [-0.39, 0.29) is 31.9 Å². The van der Waals surface area contributed by atoms with Gasteiger partial charge in [0.2, 0.25) is 0 Å². The van der Waals surface area contributed by atoms with Gasteiger partial charge < -0.3 is 23.9 Å². The van der Waals surface area contributed by atoms with Crippen molar-refractivity contribution in [2.45, 2.75) is 26.7 Å². The van der Waals surface area contributed by atoms with Crippen molar-refractivity contribution in [3.8, 4) is 0 Å². The zero-order valence-corrected chi connectivity index (χ0v) is 16.3. The second kappa shape index (κ2) is 10.8. The smallest absolute Gasteiger partial charge is 1.00 e. The zero-order valence-electron chi connectivity index (χ0n) is 12.9. The van der Waals surface area contributed by atoms with E-state index < -0.39 is 7.81 Å². The maximum Gasteiger partial charge on any atom is 2.00 e. The van der Waals surface area contributed by atoms with Crippen molar-refractivity contribution in [1.82, 2.24) is 0 Å². The minimum atomic E-state index is -10.7. The topological polar surface area (TPSA) is 52.0 Å². The summed E-state index contributed by atoms with van der Waals surface area (Å²) >= 11 is 0. The molecule has 4 N–H and O–H groups in total.